The molecule has 18 heavy (non-hydrogen) atoms. The maximum Gasteiger partial charge on any atom is 0.226 e. The molecule has 0 spiro atoms. The maximum absolute atomic E-state index is 13.2. The lowest BCUT2D eigenvalue weighted by Gasteiger charge is -2.10. The van der Waals surface area contributed by atoms with Gasteiger partial charge in [-0.3, -0.25) is 0 Å². The summed E-state index contributed by atoms with van der Waals surface area (Å²) in [5, 5.41) is 2.83. The number of aromatic nitrogens is 2. The zero-order valence-corrected chi connectivity index (χ0v) is 10.5. The highest BCUT2D eigenvalue weighted by atomic mass is 19.1. The van der Waals surface area contributed by atoms with Crippen molar-refractivity contribution in [3.8, 4) is 11.6 Å². The van der Waals surface area contributed by atoms with E-state index in [9.17, 15) is 4.39 Å². The molecule has 2 aromatic rings. The van der Waals surface area contributed by atoms with E-state index in [4.69, 9.17) is 4.74 Å². The molecule has 0 amide bonds. The maximum atomic E-state index is 13.2. The molecule has 0 unspecified atom stereocenters. The van der Waals surface area contributed by atoms with Crippen LogP contribution >= 0.6 is 0 Å². The van der Waals surface area contributed by atoms with E-state index in [-0.39, 0.29) is 5.82 Å². The molecule has 0 saturated heterocycles. The molecule has 1 heterocycles. The lowest BCUT2D eigenvalue weighted by Crippen LogP contribution is -2.00. The van der Waals surface area contributed by atoms with E-state index in [0.29, 0.717) is 17.6 Å². The van der Waals surface area contributed by atoms with E-state index in [0.717, 1.165) is 11.1 Å². The summed E-state index contributed by atoms with van der Waals surface area (Å²) < 4.78 is 18.8. The van der Waals surface area contributed by atoms with Gasteiger partial charge in [-0.25, -0.2) is 9.37 Å². The predicted octanol–water partition coefficient (Wildman–Crippen LogP) is 3.07. The fraction of sp³-hybridized carbons (Fsp3) is 0.231. The standard InChI is InChI=1S/C13H14FN3O/c1-8-4-5-10(14)6-11(8)18-12-9(2)7-16-13(15-3)17-12/h4-7H,1-3H3,(H,15,16,17). The molecule has 2 rings (SSSR count). The number of aryl methyl sites for hydroxylation is 2. The van der Waals surface area contributed by atoms with Crippen LogP contribution in [0.5, 0.6) is 11.6 Å². The second kappa shape index (κ2) is 5.00. The molecule has 0 aliphatic carbocycles. The van der Waals surface area contributed by atoms with Crippen LogP contribution in [0.1, 0.15) is 11.1 Å². The SMILES string of the molecule is CNc1ncc(C)c(Oc2cc(F)ccc2C)n1. The summed E-state index contributed by atoms with van der Waals surface area (Å²) in [5.74, 6) is 1.00. The molecule has 5 heteroatoms. The number of nitrogens with zero attached hydrogens (tertiary/aromatic N) is 2. The van der Waals surface area contributed by atoms with Gasteiger partial charge in [0.2, 0.25) is 11.8 Å². The van der Waals surface area contributed by atoms with E-state index in [1.807, 2.05) is 13.8 Å². The number of rotatable bonds is 3. The molecule has 0 radical (unpaired) electrons. The molecule has 1 N–H and O–H groups in total. The lowest BCUT2D eigenvalue weighted by molar-refractivity contribution is 0.450. The van der Waals surface area contributed by atoms with Gasteiger partial charge in [-0.1, -0.05) is 6.07 Å². The molecule has 0 saturated carbocycles. The van der Waals surface area contributed by atoms with Crippen molar-refractivity contribution in [2.45, 2.75) is 13.8 Å². The zero-order valence-electron chi connectivity index (χ0n) is 10.5. The molecular formula is C13H14FN3O. The van der Waals surface area contributed by atoms with Crippen molar-refractivity contribution in [3.63, 3.8) is 0 Å². The highest BCUT2D eigenvalue weighted by Gasteiger charge is 2.08. The van der Waals surface area contributed by atoms with Crippen LogP contribution in [0.15, 0.2) is 24.4 Å². The first-order valence-corrected chi connectivity index (χ1v) is 5.55. The number of ether oxygens (including phenoxy) is 1. The normalized spacial score (nSPS) is 10.2. The van der Waals surface area contributed by atoms with Crippen LogP contribution in [0.3, 0.4) is 0 Å². The van der Waals surface area contributed by atoms with Gasteiger partial charge in [0.1, 0.15) is 11.6 Å². The third kappa shape index (κ3) is 2.56. The van der Waals surface area contributed by atoms with E-state index in [2.05, 4.69) is 15.3 Å². The molecule has 94 valence electrons. The van der Waals surface area contributed by atoms with Gasteiger partial charge in [-0.15, -0.1) is 0 Å². The Morgan fingerprint density at radius 1 is 1.22 bits per heavy atom. The molecule has 0 fully saturated rings. The van der Waals surface area contributed by atoms with E-state index in [1.54, 1.807) is 19.3 Å². The Balaban J connectivity index is 2.36. The molecular weight excluding hydrogens is 233 g/mol. The van der Waals surface area contributed by atoms with Crippen molar-refractivity contribution in [3.05, 3.63) is 41.3 Å². The van der Waals surface area contributed by atoms with E-state index < -0.39 is 0 Å². The van der Waals surface area contributed by atoms with Gasteiger partial charge < -0.3 is 10.1 Å². The van der Waals surface area contributed by atoms with Crippen LogP contribution in [0.2, 0.25) is 0 Å². The quantitative estimate of drug-likeness (QED) is 0.905. The van der Waals surface area contributed by atoms with Crippen molar-refractivity contribution in [2.75, 3.05) is 12.4 Å². The van der Waals surface area contributed by atoms with E-state index >= 15 is 0 Å². The first-order chi connectivity index (χ1) is 8.60. The van der Waals surface area contributed by atoms with Crippen LogP contribution in [0, 0.1) is 19.7 Å². The van der Waals surface area contributed by atoms with Gasteiger partial charge in [0.25, 0.3) is 0 Å². The smallest absolute Gasteiger partial charge is 0.226 e. The summed E-state index contributed by atoms with van der Waals surface area (Å²) in [6.45, 7) is 3.69. The van der Waals surface area contributed by atoms with Crippen molar-refractivity contribution in [2.24, 2.45) is 0 Å². The van der Waals surface area contributed by atoms with Crippen LogP contribution in [0.4, 0.5) is 10.3 Å². The first-order valence-electron chi connectivity index (χ1n) is 5.55. The minimum Gasteiger partial charge on any atom is -0.438 e. The average molecular weight is 247 g/mol. The van der Waals surface area contributed by atoms with Crippen LogP contribution in [0.25, 0.3) is 0 Å². The summed E-state index contributed by atoms with van der Waals surface area (Å²) >= 11 is 0. The second-order valence-electron chi connectivity index (χ2n) is 3.94. The number of hydrogen-bond acceptors (Lipinski definition) is 4. The Labute approximate surface area is 105 Å². The van der Waals surface area contributed by atoms with Crippen LogP contribution < -0.4 is 10.1 Å². The molecule has 0 atom stereocenters. The van der Waals surface area contributed by atoms with Gasteiger partial charge in [0, 0.05) is 24.9 Å². The summed E-state index contributed by atoms with van der Waals surface area (Å²) in [5.41, 5.74) is 1.64. The summed E-state index contributed by atoms with van der Waals surface area (Å²) in [6, 6.07) is 4.41. The Morgan fingerprint density at radius 3 is 2.72 bits per heavy atom. The van der Waals surface area contributed by atoms with Crippen LogP contribution in [-0.4, -0.2) is 17.0 Å². The third-order valence-electron chi connectivity index (χ3n) is 2.51. The van der Waals surface area contributed by atoms with Gasteiger partial charge in [0.05, 0.1) is 0 Å². The minimum absolute atomic E-state index is 0.337. The zero-order chi connectivity index (χ0) is 13.1. The fourth-order valence-electron chi connectivity index (χ4n) is 1.44. The molecule has 1 aromatic heterocycles. The summed E-state index contributed by atoms with van der Waals surface area (Å²) in [6.07, 6.45) is 1.66. The van der Waals surface area contributed by atoms with E-state index in [1.165, 1.54) is 12.1 Å². The Bertz CT molecular complexity index is 572. The molecule has 0 bridgehead atoms. The molecule has 0 aliphatic heterocycles. The minimum atomic E-state index is -0.337. The average Bonchev–Trinajstić information content (AvgIpc) is 2.36. The van der Waals surface area contributed by atoms with Crippen LogP contribution in [-0.2, 0) is 0 Å². The number of nitrogens with one attached hydrogen (secondary N) is 1. The highest BCUT2D eigenvalue weighted by Crippen LogP contribution is 2.26. The van der Waals surface area contributed by atoms with Crippen molar-refractivity contribution < 1.29 is 9.13 Å². The Kier molecular flexibility index (Phi) is 3.41. The second-order valence-corrected chi connectivity index (χ2v) is 3.94. The number of benzene rings is 1. The van der Waals surface area contributed by atoms with Gasteiger partial charge in [-0.05, 0) is 25.5 Å². The third-order valence-corrected chi connectivity index (χ3v) is 2.51. The molecule has 4 nitrogen and oxygen atoms in total. The van der Waals surface area contributed by atoms with Gasteiger partial charge in [0.15, 0.2) is 0 Å². The van der Waals surface area contributed by atoms with Gasteiger partial charge >= 0.3 is 0 Å². The predicted molar refractivity (Wildman–Crippen MR) is 67.5 cm³/mol. The first kappa shape index (κ1) is 12.3. The Morgan fingerprint density at radius 2 is 2.00 bits per heavy atom. The summed E-state index contributed by atoms with van der Waals surface area (Å²) in [7, 11) is 1.72. The summed E-state index contributed by atoms with van der Waals surface area (Å²) in [4.78, 5) is 8.25. The van der Waals surface area contributed by atoms with Crippen molar-refractivity contribution in [1.82, 2.24) is 9.97 Å². The number of hydrogen-bond donors (Lipinski definition) is 1. The highest BCUT2D eigenvalue weighted by molar-refractivity contribution is 5.39. The number of halogens is 1. The van der Waals surface area contributed by atoms with Crippen molar-refractivity contribution >= 4 is 5.95 Å². The topological polar surface area (TPSA) is 47.0 Å². The number of anilines is 1. The fourth-order valence-corrected chi connectivity index (χ4v) is 1.44. The lowest BCUT2D eigenvalue weighted by atomic mass is 10.2. The molecule has 0 aliphatic rings. The molecule has 1 aromatic carbocycles. The largest absolute Gasteiger partial charge is 0.438 e. The van der Waals surface area contributed by atoms with Gasteiger partial charge in [-0.2, -0.15) is 4.98 Å². The monoisotopic (exact) mass is 247 g/mol. The Hall–Kier alpha value is -2.17. The van der Waals surface area contributed by atoms with Crippen molar-refractivity contribution in [1.29, 1.82) is 0 Å².